The van der Waals surface area contributed by atoms with Crippen LogP contribution in [-0.4, -0.2) is 47.3 Å². The third-order valence-corrected chi connectivity index (χ3v) is 3.70. The summed E-state index contributed by atoms with van der Waals surface area (Å²) in [6, 6.07) is 0. The highest BCUT2D eigenvalue weighted by Gasteiger charge is 2.45. The van der Waals surface area contributed by atoms with Gasteiger partial charge in [0.1, 0.15) is 0 Å². The summed E-state index contributed by atoms with van der Waals surface area (Å²) in [6.07, 6.45) is -0.167. The molecule has 0 saturated carbocycles. The summed E-state index contributed by atoms with van der Waals surface area (Å²) in [5.41, 5.74) is 0. The summed E-state index contributed by atoms with van der Waals surface area (Å²) in [7, 11) is 0. The smallest absolute Gasteiger partial charge is 0.228 e. The lowest BCUT2D eigenvalue weighted by molar-refractivity contribution is -0.148. The number of nitrogens with zero attached hydrogens (tertiary/aromatic N) is 1. The molecule has 2 rings (SSSR count). The minimum Gasteiger partial charge on any atom is -0.389 e. The Morgan fingerprint density at radius 3 is 2.27 bits per heavy atom. The van der Waals surface area contributed by atoms with Crippen molar-refractivity contribution >= 4 is 5.91 Å². The predicted octanol–water partition coefficient (Wildman–Crippen LogP) is 0.249. The van der Waals surface area contributed by atoms with E-state index in [0.29, 0.717) is 13.1 Å². The van der Waals surface area contributed by atoms with Gasteiger partial charge in [0.25, 0.3) is 0 Å². The summed E-state index contributed by atoms with van der Waals surface area (Å²) < 4.78 is 5.64. The van der Waals surface area contributed by atoms with Crippen molar-refractivity contribution < 1.29 is 14.6 Å². The van der Waals surface area contributed by atoms with Crippen molar-refractivity contribution in [2.75, 3.05) is 13.1 Å². The number of aliphatic hydroxyl groups is 1. The number of rotatable bonds is 1. The quantitative estimate of drug-likeness (QED) is 0.679. The number of carbonyl (C=O) groups is 1. The molecule has 0 aliphatic carbocycles. The highest BCUT2D eigenvalue weighted by atomic mass is 16.5. The summed E-state index contributed by atoms with van der Waals surface area (Å²) >= 11 is 0. The molecule has 0 aromatic rings. The second kappa shape index (κ2) is 3.76. The van der Waals surface area contributed by atoms with E-state index in [1.54, 1.807) is 4.90 Å². The van der Waals surface area contributed by atoms with Crippen LogP contribution >= 0.6 is 0 Å². The van der Waals surface area contributed by atoms with Crippen LogP contribution in [0.3, 0.4) is 0 Å². The molecule has 2 fully saturated rings. The van der Waals surface area contributed by atoms with Gasteiger partial charge in [0, 0.05) is 13.1 Å². The Labute approximate surface area is 90.2 Å². The summed E-state index contributed by atoms with van der Waals surface area (Å²) in [6.45, 7) is 7.01. The van der Waals surface area contributed by atoms with E-state index in [1.165, 1.54) is 0 Å². The number of β-amino-alcohol motifs (C(OH)–C–C–N with tert-alkyl or cyclic N) is 1. The third kappa shape index (κ3) is 1.76. The molecule has 2 aliphatic rings. The second-order valence-corrected chi connectivity index (χ2v) is 4.83. The molecule has 2 aliphatic heterocycles. The molecule has 2 heterocycles. The molecule has 4 heteroatoms. The first-order valence-corrected chi connectivity index (χ1v) is 5.63. The number of hydrogen-bond donors (Lipinski definition) is 1. The van der Waals surface area contributed by atoms with E-state index >= 15 is 0 Å². The molecule has 1 amide bonds. The molecule has 0 radical (unpaired) electrons. The van der Waals surface area contributed by atoms with Gasteiger partial charge in [-0.25, -0.2) is 0 Å². The van der Waals surface area contributed by atoms with E-state index in [1.807, 2.05) is 13.8 Å². The normalized spacial score (nSPS) is 41.7. The molecule has 86 valence electrons. The summed E-state index contributed by atoms with van der Waals surface area (Å²) in [5.74, 6) is 0.377. The van der Waals surface area contributed by atoms with Gasteiger partial charge in [0.15, 0.2) is 0 Å². The van der Waals surface area contributed by atoms with Gasteiger partial charge in [0.2, 0.25) is 5.91 Å². The summed E-state index contributed by atoms with van der Waals surface area (Å²) in [4.78, 5) is 13.8. The van der Waals surface area contributed by atoms with Crippen LogP contribution in [0.5, 0.6) is 0 Å². The van der Waals surface area contributed by atoms with Crippen molar-refractivity contribution in [3.63, 3.8) is 0 Å². The van der Waals surface area contributed by atoms with Gasteiger partial charge in [-0.2, -0.15) is 0 Å². The Morgan fingerprint density at radius 1 is 1.27 bits per heavy atom. The standard InChI is InChI=1S/C11H19NO3/c1-6-7(2)15-8(3)10(6)11(14)12-4-9(13)5-12/h6-10,13H,4-5H2,1-3H3. The number of ether oxygens (including phenoxy) is 1. The Morgan fingerprint density at radius 2 is 1.87 bits per heavy atom. The van der Waals surface area contributed by atoms with Gasteiger partial charge in [-0.15, -0.1) is 0 Å². The maximum Gasteiger partial charge on any atom is 0.228 e. The van der Waals surface area contributed by atoms with Crippen LogP contribution in [0, 0.1) is 11.8 Å². The van der Waals surface area contributed by atoms with Crippen LogP contribution in [0.2, 0.25) is 0 Å². The van der Waals surface area contributed by atoms with Gasteiger partial charge in [-0.1, -0.05) is 6.92 Å². The molecule has 15 heavy (non-hydrogen) atoms. The molecule has 0 aromatic carbocycles. The number of aliphatic hydroxyl groups excluding tert-OH is 1. The van der Waals surface area contributed by atoms with Crippen molar-refractivity contribution in [3.8, 4) is 0 Å². The van der Waals surface area contributed by atoms with E-state index in [9.17, 15) is 4.79 Å². The van der Waals surface area contributed by atoms with E-state index in [-0.39, 0.29) is 36.1 Å². The fraction of sp³-hybridized carbons (Fsp3) is 0.909. The van der Waals surface area contributed by atoms with Crippen molar-refractivity contribution in [2.45, 2.75) is 39.1 Å². The number of amides is 1. The van der Waals surface area contributed by atoms with E-state index < -0.39 is 0 Å². The average Bonchev–Trinajstić information content (AvgIpc) is 2.35. The van der Waals surface area contributed by atoms with Crippen molar-refractivity contribution in [1.29, 1.82) is 0 Å². The van der Waals surface area contributed by atoms with Crippen LogP contribution in [0.25, 0.3) is 0 Å². The summed E-state index contributed by atoms with van der Waals surface area (Å²) in [5, 5.41) is 9.17. The lowest BCUT2D eigenvalue weighted by atomic mass is 9.87. The Bertz CT molecular complexity index is 263. The monoisotopic (exact) mass is 213 g/mol. The number of likely N-dealkylation sites (tertiary alicyclic amines) is 1. The number of hydrogen-bond acceptors (Lipinski definition) is 3. The van der Waals surface area contributed by atoms with Gasteiger partial charge in [0.05, 0.1) is 24.2 Å². The van der Waals surface area contributed by atoms with Gasteiger partial charge < -0.3 is 14.7 Å². The largest absolute Gasteiger partial charge is 0.389 e. The molecule has 0 aromatic heterocycles. The molecule has 4 nitrogen and oxygen atoms in total. The fourth-order valence-corrected chi connectivity index (χ4v) is 2.54. The highest BCUT2D eigenvalue weighted by Crippen LogP contribution is 2.34. The lowest BCUT2D eigenvalue weighted by Crippen LogP contribution is -2.56. The van der Waals surface area contributed by atoms with Gasteiger partial charge in [-0.05, 0) is 19.8 Å². The molecule has 2 saturated heterocycles. The van der Waals surface area contributed by atoms with E-state index in [2.05, 4.69) is 6.92 Å². The van der Waals surface area contributed by atoms with Crippen molar-refractivity contribution in [2.24, 2.45) is 11.8 Å². The van der Waals surface area contributed by atoms with Crippen LogP contribution in [0.1, 0.15) is 20.8 Å². The predicted molar refractivity (Wildman–Crippen MR) is 55.2 cm³/mol. The maximum atomic E-state index is 12.1. The molecule has 4 unspecified atom stereocenters. The van der Waals surface area contributed by atoms with Crippen LogP contribution in [0.15, 0.2) is 0 Å². The molecule has 1 N–H and O–H groups in total. The second-order valence-electron chi connectivity index (χ2n) is 4.83. The topological polar surface area (TPSA) is 49.8 Å². The minimum absolute atomic E-state index is 0.000225. The minimum atomic E-state index is -0.320. The molecular weight excluding hydrogens is 194 g/mol. The van der Waals surface area contributed by atoms with E-state index in [0.717, 1.165) is 0 Å². The Hall–Kier alpha value is -0.610. The van der Waals surface area contributed by atoms with Crippen LogP contribution in [-0.2, 0) is 9.53 Å². The zero-order valence-electron chi connectivity index (χ0n) is 9.51. The molecule has 0 bridgehead atoms. The molecular formula is C11H19NO3. The maximum absolute atomic E-state index is 12.1. The van der Waals surface area contributed by atoms with Crippen LogP contribution in [0.4, 0.5) is 0 Å². The molecule has 0 spiro atoms. The average molecular weight is 213 g/mol. The molecule has 4 atom stereocenters. The Balaban J connectivity index is 2.00. The zero-order chi connectivity index (χ0) is 11.2. The first kappa shape index (κ1) is 10.9. The van der Waals surface area contributed by atoms with Crippen molar-refractivity contribution in [1.82, 2.24) is 4.90 Å². The van der Waals surface area contributed by atoms with E-state index in [4.69, 9.17) is 9.84 Å². The van der Waals surface area contributed by atoms with Gasteiger partial charge >= 0.3 is 0 Å². The fourth-order valence-electron chi connectivity index (χ4n) is 2.54. The third-order valence-electron chi connectivity index (χ3n) is 3.70. The lowest BCUT2D eigenvalue weighted by Gasteiger charge is -2.38. The highest BCUT2D eigenvalue weighted by molar-refractivity contribution is 5.81. The first-order valence-electron chi connectivity index (χ1n) is 5.63. The Kier molecular flexibility index (Phi) is 2.73. The zero-order valence-corrected chi connectivity index (χ0v) is 9.51. The SMILES string of the molecule is CC1OC(C)C(C(=O)N2CC(O)C2)C1C. The van der Waals surface area contributed by atoms with Crippen LogP contribution < -0.4 is 0 Å². The first-order chi connectivity index (χ1) is 7.00. The van der Waals surface area contributed by atoms with Crippen molar-refractivity contribution in [3.05, 3.63) is 0 Å². The van der Waals surface area contributed by atoms with Gasteiger partial charge in [-0.3, -0.25) is 4.79 Å². The number of carbonyl (C=O) groups excluding carboxylic acids is 1.